The minimum atomic E-state index is 0.820. The molecule has 2 heterocycles. The van der Waals surface area contributed by atoms with Gasteiger partial charge in [-0.15, -0.1) is 11.3 Å². The monoisotopic (exact) mass is 221 g/mol. The topological polar surface area (TPSA) is 20.3 Å². The molecule has 0 aromatic carbocycles. The number of nitrogens with zero attached hydrogens (tertiary/aromatic N) is 1. The highest BCUT2D eigenvalue weighted by Crippen LogP contribution is 2.28. The van der Waals surface area contributed by atoms with E-state index in [1.807, 2.05) is 6.08 Å². The van der Waals surface area contributed by atoms with Crippen LogP contribution in [0, 0.1) is 0 Å². The summed E-state index contributed by atoms with van der Waals surface area (Å²) in [7, 11) is 0. The standard InChI is InChI=1S/C12H15NOS/c14-10-4-5-11-6-7-12(15-11)13-8-2-1-3-9-13/h4-7,10H,1-3,8-9H2/b5-4+. The van der Waals surface area contributed by atoms with Gasteiger partial charge in [-0.05, 0) is 43.5 Å². The number of piperidine rings is 1. The Balaban J connectivity index is 2.05. The van der Waals surface area contributed by atoms with Crippen molar-refractivity contribution in [1.29, 1.82) is 0 Å². The van der Waals surface area contributed by atoms with Gasteiger partial charge in [0, 0.05) is 18.0 Å². The summed E-state index contributed by atoms with van der Waals surface area (Å²) < 4.78 is 0. The van der Waals surface area contributed by atoms with Crippen molar-refractivity contribution in [3.63, 3.8) is 0 Å². The van der Waals surface area contributed by atoms with Crippen molar-refractivity contribution >= 4 is 28.7 Å². The highest BCUT2D eigenvalue weighted by atomic mass is 32.1. The first-order valence-corrected chi connectivity index (χ1v) is 6.18. The van der Waals surface area contributed by atoms with Gasteiger partial charge in [-0.1, -0.05) is 0 Å². The SMILES string of the molecule is O=C/C=C/c1ccc(N2CCCCC2)s1. The summed E-state index contributed by atoms with van der Waals surface area (Å²) in [4.78, 5) is 13.8. The molecule has 1 aliphatic rings. The molecule has 0 aliphatic carbocycles. The van der Waals surface area contributed by atoms with Crippen LogP contribution in [-0.4, -0.2) is 19.4 Å². The predicted molar refractivity (Wildman–Crippen MR) is 65.5 cm³/mol. The lowest BCUT2D eigenvalue weighted by Crippen LogP contribution is -2.28. The van der Waals surface area contributed by atoms with Crippen LogP contribution in [0.3, 0.4) is 0 Å². The molecule has 2 rings (SSSR count). The first-order chi connectivity index (χ1) is 7.40. The van der Waals surface area contributed by atoms with Crippen molar-refractivity contribution < 1.29 is 4.79 Å². The Hall–Kier alpha value is -1.09. The molecule has 80 valence electrons. The van der Waals surface area contributed by atoms with Crippen molar-refractivity contribution in [3.05, 3.63) is 23.1 Å². The second kappa shape index (κ2) is 5.12. The van der Waals surface area contributed by atoms with Gasteiger partial charge in [0.1, 0.15) is 6.29 Å². The molecule has 0 radical (unpaired) electrons. The third-order valence-corrected chi connectivity index (χ3v) is 3.73. The lowest BCUT2D eigenvalue weighted by molar-refractivity contribution is -0.104. The lowest BCUT2D eigenvalue weighted by atomic mass is 10.1. The fraction of sp³-hybridized carbons (Fsp3) is 0.417. The maximum absolute atomic E-state index is 10.2. The Bertz CT molecular complexity index is 350. The summed E-state index contributed by atoms with van der Waals surface area (Å²) >= 11 is 1.76. The largest absolute Gasteiger partial charge is 0.363 e. The Morgan fingerprint density at radius 3 is 2.73 bits per heavy atom. The smallest absolute Gasteiger partial charge is 0.142 e. The van der Waals surface area contributed by atoms with E-state index in [0.29, 0.717) is 0 Å². The zero-order valence-electron chi connectivity index (χ0n) is 8.69. The number of thiophene rings is 1. The quantitative estimate of drug-likeness (QED) is 0.578. The zero-order valence-corrected chi connectivity index (χ0v) is 9.50. The van der Waals surface area contributed by atoms with E-state index in [1.165, 1.54) is 37.4 Å². The van der Waals surface area contributed by atoms with Crippen LogP contribution < -0.4 is 4.90 Å². The number of allylic oxidation sites excluding steroid dienone is 1. The van der Waals surface area contributed by atoms with Crippen molar-refractivity contribution in [2.75, 3.05) is 18.0 Å². The molecule has 1 aromatic heterocycles. The average molecular weight is 221 g/mol. The molecule has 1 aliphatic heterocycles. The number of hydrogen-bond donors (Lipinski definition) is 0. The summed E-state index contributed by atoms with van der Waals surface area (Å²) in [6.45, 7) is 2.36. The first-order valence-electron chi connectivity index (χ1n) is 5.37. The molecule has 0 bridgehead atoms. The normalized spacial score (nSPS) is 17.2. The first kappa shape index (κ1) is 10.4. The van der Waals surface area contributed by atoms with Crippen LogP contribution in [0.5, 0.6) is 0 Å². The molecule has 0 unspecified atom stereocenters. The molecule has 1 saturated heterocycles. The van der Waals surface area contributed by atoms with Crippen LogP contribution >= 0.6 is 11.3 Å². The van der Waals surface area contributed by atoms with Gasteiger partial charge in [0.25, 0.3) is 0 Å². The highest BCUT2D eigenvalue weighted by Gasteiger charge is 2.11. The molecule has 0 saturated carbocycles. The summed E-state index contributed by atoms with van der Waals surface area (Å²) in [5, 5.41) is 1.33. The summed E-state index contributed by atoms with van der Waals surface area (Å²) in [6, 6.07) is 4.23. The van der Waals surface area contributed by atoms with Gasteiger partial charge in [-0.3, -0.25) is 4.79 Å². The van der Waals surface area contributed by atoms with E-state index in [0.717, 1.165) is 11.2 Å². The van der Waals surface area contributed by atoms with Crippen molar-refractivity contribution in [2.24, 2.45) is 0 Å². The highest BCUT2D eigenvalue weighted by molar-refractivity contribution is 7.16. The second-order valence-corrected chi connectivity index (χ2v) is 4.81. The van der Waals surface area contributed by atoms with E-state index >= 15 is 0 Å². The van der Waals surface area contributed by atoms with Crippen LogP contribution in [0.1, 0.15) is 24.1 Å². The fourth-order valence-corrected chi connectivity index (χ4v) is 2.82. The van der Waals surface area contributed by atoms with E-state index in [2.05, 4.69) is 17.0 Å². The maximum atomic E-state index is 10.2. The fourth-order valence-electron chi connectivity index (χ4n) is 1.85. The number of hydrogen-bond acceptors (Lipinski definition) is 3. The van der Waals surface area contributed by atoms with Gasteiger partial charge in [-0.2, -0.15) is 0 Å². The van der Waals surface area contributed by atoms with E-state index in [4.69, 9.17) is 0 Å². The van der Waals surface area contributed by atoms with Gasteiger partial charge in [0.15, 0.2) is 0 Å². The molecule has 1 aromatic rings. The van der Waals surface area contributed by atoms with Gasteiger partial charge in [-0.25, -0.2) is 0 Å². The molecule has 15 heavy (non-hydrogen) atoms. The molecule has 2 nitrogen and oxygen atoms in total. The summed E-state index contributed by atoms with van der Waals surface area (Å²) in [6.07, 6.45) is 8.20. The molecule has 0 N–H and O–H groups in total. The number of rotatable bonds is 3. The van der Waals surface area contributed by atoms with E-state index in [1.54, 1.807) is 17.4 Å². The van der Waals surface area contributed by atoms with Crippen LogP contribution in [0.4, 0.5) is 5.00 Å². The Morgan fingerprint density at radius 1 is 1.20 bits per heavy atom. The van der Waals surface area contributed by atoms with Crippen LogP contribution in [-0.2, 0) is 4.79 Å². The van der Waals surface area contributed by atoms with E-state index in [9.17, 15) is 4.79 Å². The molecule has 1 fully saturated rings. The van der Waals surface area contributed by atoms with Gasteiger partial charge in [0.05, 0.1) is 5.00 Å². The number of carbonyl (C=O) groups excluding carboxylic acids is 1. The summed E-state index contributed by atoms with van der Waals surface area (Å²) in [5.41, 5.74) is 0. The third-order valence-electron chi connectivity index (χ3n) is 2.62. The molecular weight excluding hydrogens is 206 g/mol. The number of aldehydes is 1. The summed E-state index contributed by atoms with van der Waals surface area (Å²) in [5.74, 6) is 0. The molecule has 0 amide bonds. The second-order valence-electron chi connectivity index (χ2n) is 3.72. The van der Waals surface area contributed by atoms with Crippen LogP contribution in [0.2, 0.25) is 0 Å². The maximum Gasteiger partial charge on any atom is 0.142 e. The molecular formula is C12H15NOS. The Morgan fingerprint density at radius 2 is 2.00 bits per heavy atom. The van der Waals surface area contributed by atoms with Gasteiger partial charge < -0.3 is 4.90 Å². The average Bonchev–Trinajstić information content (AvgIpc) is 2.76. The van der Waals surface area contributed by atoms with Crippen molar-refractivity contribution in [3.8, 4) is 0 Å². The molecule has 0 atom stereocenters. The Kier molecular flexibility index (Phi) is 3.56. The molecule has 3 heteroatoms. The van der Waals surface area contributed by atoms with Crippen LogP contribution in [0.15, 0.2) is 18.2 Å². The minimum absolute atomic E-state index is 0.820. The van der Waals surface area contributed by atoms with Crippen molar-refractivity contribution in [1.82, 2.24) is 0 Å². The lowest BCUT2D eigenvalue weighted by Gasteiger charge is -2.27. The van der Waals surface area contributed by atoms with Crippen LogP contribution in [0.25, 0.3) is 6.08 Å². The van der Waals surface area contributed by atoms with E-state index < -0.39 is 0 Å². The number of anilines is 1. The van der Waals surface area contributed by atoms with E-state index in [-0.39, 0.29) is 0 Å². The zero-order chi connectivity index (χ0) is 10.5. The van der Waals surface area contributed by atoms with Gasteiger partial charge in [0.2, 0.25) is 0 Å². The Labute approximate surface area is 94.2 Å². The minimum Gasteiger partial charge on any atom is -0.363 e. The third kappa shape index (κ3) is 2.69. The van der Waals surface area contributed by atoms with Crippen molar-refractivity contribution in [2.45, 2.75) is 19.3 Å². The number of carbonyl (C=O) groups is 1. The predicted octanol–water partition coefficient (Wildman–Crippen LogP) is 2.95. The van der Waals surface area contributed by atoms with Gasteiger partial charge >= 0.3 is 0 Å². The molecule has 0 spiro atoms.